The average molecular weight is 323 g/mol. The molecule has 0 radical (unpaired) electrons. The Morgan fingerprint density at radius 1 is 1.50 bits per heavy atom. The summed E-state index contributed by atoms with van der Waals surface area (Å²) in [4.78, 5) is 25.3. The molecule has 1 heterocycles. The molecule has 11 heteroatoms. The molecule has 112 valence electrons. The van der Waals surface area contributed by atoms with Crippen molar-refractivity contribution in [3.05, 3.63) is 16.1 Å². The predicted molar refractivity (Wildman–Crippen MR) is 69.9 cm³/mol. The van der Waals surface area contributed by atoms with Gasteiger partial charge in [-0.25, -0.2) is 19.3 Å². The van der Waals surface area contributed by atoms with Crippen molar-refractivity contribution in [2.24, 2.45) is 0 Å². The Labute approximate surface area is 119 Å². The van der Waals surface area contributed by atoms with Gasteiger partial charge in [-0.15, -0.1) is 11.3 Å². The van der Waals surface area contributed by atoms with Gasteiger partial charge >= 0.3 is 22.3 Å². The van der Waals surface area contributed by atoms with E-state index in [4.69, 9.17) is 5.11 Å². The molecule has 1 aromatic rings. The van der Waals surface area contributed by atoms with Crippen molar-refractivity contribution in [3.8, 4) is 0 Å². The molecule has 0 saturated carbocycles. The van der Waals surface area contributed by atoms with Crippen LogP contribution in [0.25, 0.3) is 0 Å². The van der Waals surface area contributed by atoms with Gasteiger partial charge < -0.3 is 9.84 Å². The van der Waals surface area contributed by atoms with Crippen LogP contribution in [0.1, 0.15) is 22.4 Å². The number of hydrogen-bond acceptors (Lipinski definition) is 7. The van der Waals surface area contributed by atoms with Crippen molar-refractivity contribution >= 4 is 33.6 Å². The molecule has 0 spiro atoms. The fraction of sp³-hybridized carbons (Fsp3) is 0.444. The third kappa shape index (κ3) is 5.50. The molecule has 20 heavy (non-hydrogen) atoms. The van der Waals surface area contributed by atoms with Crippen LogP contribution in [0.15, 0.2) is 5.38 Å². The van der Waals surface area contributed by atoms with Crippen molar-refractivity contribution in [1.29, 1.82) is 0 Å². The van der Waals surface area contributed by atoms with E-state index in [1.54, 1.807) is 11.6 Å². The summed E-state index contributed by atoms with van der Waals surface area (Å²) in [5.41, 5.74) is -0.0856. The van der Waals surface area contributed by atoms with Crippen LogP contribution >= 0.6 is 11.3 Å². The second-order valence-electron chi connectivity index (χ2n) is 3.40. The molecule has 1 rings (SSSR count). The molecule has 1 aromatic heterocycles. The van der Waals surface area contributed by atoms with Gasteiger partial charge in [0.1, 0.15) is 0 Å². The van der Waals surface area contributed by atoms with E-state index in [0.29, 0.717) is 5.01 Å². The van der Waals surface area contributed by atoms with Crippen LogP contribution < -0.4 is 9.44 Å². The molecule has 0 aliphatic carbocycles. The Morgan fingerprint density at radius 3 is 2.75 bits per heavy atom. The Balaban J connectivity index is 2.42. The zero-order chi connectivity index (χ0) is 15.2. The highest BCUT2D eigenvalue weighted by Gasteiger charge is 2.15. The number of nitrogens with one attached hydrogen (secondary N) is 2. The number of aromatic carboxylic acids is 1. The fourth-order valence-electron chi connectivity index (χ4n) is 1.12. The van der Waals surface area contributed by atoms with Gasteiger partial charge in [0.05, 0.1) is 11.6 Å². The number of nitrogens with zero attached hydrogens (tertiary/aromatic N) is 1. The standard InChI is InChI=1S/C9H13N3O6S2/c1-2-18-9(15)12-20(16,17)10-4-3-7-11-6(5-19-7)8(13)14/h5,10H,2-4H2,1H3,(H,12,15)(H,13,14). The van der Waals surface area contributed by atoms with E-state index < -0.39 is 22.3 Å². The van der Waals surface area contributed by atoms with Gasteiger partial charge in [0.2, 0.25) is 0 Å². The lowest BCUT2D eigenvalue weighted by Crippen LogP contribution is -2.41. The van der Waals surface area contributed by atoms with Gasteiger partial charge in [-0.05, 0) is 6.92 Å². The predicted octanol–water partition coefficient (Wildman–Crippen LogP) is -0.0357. The number of amides is 1. The molecule has 0 saturated heterocycles. The lowest BCUT2D eigenvalue weighted by Gasteiger charge is -2.07. The van der Waals surface area contributed by atoms with Crippen molar-refractivity contribution in [1.82, 2.24) is 14.4 Å². The second-order valence-corrected chi connectivity index (χ2v) is 5.84. The lowest BCUT2D eigenvalue weighted by molar-refractivity contribution is 0.0691. The summed E-state index contributed by atoms with van der Waals surface area (Å²) in [6, 6.07) is 0. The van der Waals surface area contributed by atoms with Gasteiger partial charge in [-0.2, -0.15) is 13.1 Å². The van der Waals surface area contributed by atoms with Gasteiger partial charge in [0, 0.05) is 18.3 Å². The normalized spacial score (nSPS) is 11.1. The molecular formula is C9H13N3O6S2. The van der Waals surface area contributed by atoms with Crippen molar-refractivity contribution in [2.45, 2.75) is 13.3 Å². The van der Waals surface area contributed by atoms with Crippen molar-refractivity contribution < 1.29 is 27.9 Å². The highest BCUT2D eigenvalue weighted by atomic mass is 32.2. The SMILES string of the molecule is CCOC(=O)NS(=O)(=O)NCCc1nc(C(=O)O)cs1. The van der Waals surface area contributed by atoms with Crippen LogP contribution in [0, 0.1) is 0 Å². The molecule has 0 fully saturated rings. The summed E-state index contributed by atoms with van der Waals surface area (Å²) in [7, 11) is -4.00. The molecule has 0 aromatic carbocycles. The van der Waals surface area contributed by atoms with Gasteiger partial charge in [0.15, 0.2) is 5.69 Å². The number of thiazole rings is 1. The topological polar surface area (TPSA) is 135 Å². The highest BCUT2D eigenvalue weighted by molar-refractivity contribution is 7.88. The summed E-state index contributed by atoms with van der Waals surface area (Å²) >= 11 is 1.11. The van der Waals surface area contributed by atoms with E-state index in [0.717, 1.165) is 11.3 Å². The molecule has 0 aliphatic rings. The summed E-state index contributed by atoms with van der Waals surface area (Å²) in [6.07, 6.45) is -0.857. The zero-order valence-corrected chi connectivity index (χ0v) is 12.1. The van der Waals surface area contributed by atoms with Crippen molar-refractivity contribution in [2.75, 3.05) is 13.2 Å². The number of carboxylic acid groups (broad SMARTS) is 1. The molecule has 0 atom stereocenters. The maximum Gasteiger partial charge on any atom is 0.421 e. The Hall–Kier alpha value is -1.72. The van der Waals surface area contributed by atoms with Crippen LogP contribution in [0.2, 0.25) is 0 Å². The van der Waals surface area contributed by atoms with Gasteiger partial charge in [-0.3, -0.25) is 0 Å². The number of rotatable bonds is 7. The zero-order valence-electron chi connectivity index (χ0n) is 10.5. The van der Waals surface area contributed by atoms with E-state index in [1.807, 2.05) is 0 Å². The first kappa shape index (κ1) is 16.3. The molecule has 9 nitrogen and oxygen atoms in total. The van der Waals surface area contributed by atoms with Gasteiger partial charge in [-0.1, -0.05) is 0 Å². The minimum absolute atomic E-state index is 0.0265. The van der Waals surface area contributed by atoms with E-state index in [2.05, 4.69) is 14.4 Å². The smallest absolute Gasteiger partial charge is 0.421 e. The Morgan fingerprint density at radius 2 is 2.20 bits per heavy atom. The van der Waals surface area contributed by atoms with E-state index in [1.165, 1.54) is 5.38 Å². The third-order valence-electron chi connectivity index (χ3n) is 1.89. The maximum absolute atomic E-state index is 11.4. The summed E-state index contributed by atoms with van der Waals surface area (Å²) in [5, 5.41) is 10.5. The summed E-state index contributed by atoms with van der Waals surface area (Å²) < 4.78 is 31.0. The molecule has 3 N–H and O–H groups in total. The summed E-state index contributed by atoms with van der Waals surface area (Å²) in [5.74, 6) is -1.14. The lowest BCUT2D eigenvalue weighted by atomic mass is 10.4. The molecule has 0 aliphatic heterocycles. The number of aromatic nitrogens is 1. The summed E-state index contributed by atoms with van der Waals surface area (Å²) in [6.45, 7) is 1.57. The van der Waals surface area contributed by atoms with Crippen LogP contribution in [0.5, 0.6) is 0 Å². The number of hydrogen-bond donors (Lipinski definition) is 3. The second kappa shape index (κ2) is 7.17. The minimum atomic E-state index is -4.00. The van der Waals surface area contributed by atoms with Crippen LogP contribution in [-0.4, -0.2) is 43.7 Å². The number of carbonyl (C=O) groups excluding carboxylic acids is 1. The highest BCUT2D eigenvalue weighted by Crippen LogP contribution is 2.09. The first-order valence-electron chi connectivity index (χ1n) is 5.46. The Kier molecular flexibility index (Phi) is 5.85. The number of carbonyl (C=O) groups is 2. The van der Waals surface area contributed by atoms with E-state index in [-0.39, 0.29) is 25.3 Å². The molecule has 0 unspecified atom stereocenters. The Bertz CT molecular complexity index is 582. The average Bonchev–Trinajstić information content (AvgIpc) is 2.77. The van der Waals surface area contributed by atoms with E-state index in [9.17, 15) is 18.0 Å². The molecule has 1 amide bonds. The number of carboxylic acids is 1. The third-order valence-corrected chi connectivity index (χ3v) is 3.82. The van der Waals surface area contributed by atoms with Crippen LogP contribution in [0.4, 0.5) is 4.79 Å². The largest absolute Gasteiger partial charge is 0.476 e. The minimum Gasteiger partial charge on any atom is -0.476 e. The first-order chi connectivity index (χ1) is 9.34. The van der Waals surface area contributed by atoms with Gasteiger partial charge in [0.25, 0.3) is 0 Å². The van der Waals surface area contributed by atoms with Crippen molar-refractivity contribution in [3.63, 3.8) is 0 Å². The monoisotopic (exact) mass is 323 g/mol. The quantitative estimate of drug-likeness (QED) is 0.641. The molecular weight excluding hydrogens is 310 g/mol. The maximum atomic E-state index is 11.4. The van der Waals surface area contributed by atoms with Crippen LogP contribution in [-0.2, 0) is 21.4 Å². The number of ether oxygens (including phenoxy) is 1. The van der Waals surface area contributed by atoms with Crippen LogP contribution in [0.3, 0.4) is 0 Å². The first-order valence-corrected chi connectivity index (χ1v) is 7.82. The van der Waals surface area contributed by atoms with E-state index >= 15 is 0 Å². The fourth-order valence-corrected chi connectivity index (χ4v) is 2.62. The molecule has 0 bridgehead atoms.